The third-order valence-electron chi connectivity index (χ3n) is 4.76. The van der Waals surface area contributed by atoms with Crippen LogP contribution in [0.1, 0.15) is 38.5 Å². The van der Waals surface area contributed by atoms with E-state index in [2.05, 4.69) is 0 Å². The van der Waals surface area contributed by atoms with Crippen LogP contribution in [0.15, 0.2) is 0 Å². The zero-order valence-electron chi connectivity index (χ0n) is 11.8. The molecular formula is C14H22N2O3S. The van der Waals surface area contributed by atoms with Crippen LogP contribution in [0.25, 0.3) is 0 Å². The van der Waals surface area contributed by atoms with E-state index in [1.807, 2.05) is 4.90 Å². The SMILES string of the molecule is O=C1C2CCCCN2C(=O)CCN1C1CCS(=O)CC1. The van der Waals surface area contributed by atoms with E-state index in [9.17, 15) is 13.8 Å². The molecule has 3 aliphatic rings. The van der Waals surface area contributed by atoms with Gasteiger partial charge in [-0.2, -0.15) is 0 Å². The Morgan fingerprint density at radius 3 is 2.45 bits per heavy atom. The molecule has 3 fully saturated rings. The smallest absolute Gasteiger partial charge is 0.245 e. The Morgan fingerprint density at radius 1 is 0.950 bits per heavy atom. The minimum Gasteiger partial charge on any atom is -0.337 e. The topological polar surface area (TPSA) is 57.7 Å². The quantitative estimate of drug-likeness (QED) is 0.709. The van der Waals surface area contributed by atoms with Gasteiger partial charge in [0.2, 0.25) is 11.8 Å². The predicted molar refractivity (Wildman–Crippen MR) is 76.6 cm³/mol. The molecule has 0 aromatic rings. The van der Waals surface area contributed by atoms with Gasteiger partial charge in [0, 0.05) is 47.9 Å². The van der Waals surface area contributed by atoms with Crippen LogP contribution < -0.4 is 0 Å². The van der Waals surface area contributed by atoms with E-state index >= 15 is 0 Å². The Kier molecular flexibility index (Phi) is 4.10. The molecule has 0 aromatic carbocycles. The molecule has 6 heteroatoms. The van der Waals surface area contributed by atoms with Crippen molar-refractivity contribution in [2.45, 2.75) is 50.6 Å². The Balaban J connectivity index is 1.76. The summed E-state index contributed by atoms with van der Waals surface area (Å²) in [5, 5.41) is 0. The molecule has 0 saturated carbocycles. The molecule has 1 unspecified atom stereocenters. The number of rotatable bonds is 1. The molecule has 0 radical (unpaired) electrons. The lowest BCUT2D eigenvalue weighted by Crippen LogP contribution is -2.52. The van der Waals surface area contributed by atoms with Crippen LogP contribution in [0.3, 0.4) is 0 Å². The average molecular weight is 298 g/mol. The second kappa shape index (κ2) is 5.84. The molecule has 0 aliphatic carbocycles. The van der Waals surface area contributed by atoms with Gasteiger partial charge in [-0.1, -0.05) is 0 Å². The summed E-state index contributed by atoms with van der Waals surface area (Å²) >= 11 is 0. The number of carbonyl (C=O) groups is 2. The maximum atomic E-state index is 12.8. The van der Waals surface area contributed by atoms with E-state index in [0.717, 1.165) is 38.6 Å². The largest absolute Gasteiger partial charge is 0.337 e. The fourth-order valence-electron chi connectivity index (χ4n) is 3.60. The average Bonchev–Trinajstić information content (AvgIpc) is 2.60. The summed E-state index contributed by atoms with van der Waals surface area (Å²) in [6.07, 6.45) is 4.93. The van der Waals surface area contributed by atoms with Crippen molar-refractivity contribution in [2.24, 2.45) is 0 Å². The maximum Gasteiger partial charge on any atom is 0.245 e. The van der Waals surface area contributed by atoms with Gasteiger partial charge in [-0.15, -0.1) is 0 Å². The highest BCUT2D eigenvalue weighted by molar-refractivity contribution is 7.85. The van der Waals surface area contributed by atoms with Gasteiger partial charge in [0.25, 0.3) is 0 Å². The molecule has 3 heterocycles. The summed E-state index contributed by atoms with van der Waals surface area (Å²) in [4.78, 5) is 28.7. The molecule has 3 rings (SSSR count). The molecule has 1 atom stereocenters. The highest BCUT2D eigenvalue weighted by atomic mass is 32.2. The van der Waals surface area contributed by atoms with E-state index in [-0.39, 0.29) is 23.9 Å². The molecule has 112 valence electrons. The number of nitrogens with zero attached hydrogens (tertiary/aromatic N) is 2. The van der Waals surface area contributed by atoms with Gasteiger partial charge >= 0.3 is 0 Å². The normalized spacial score (nSPS) is 35.7. The first-order chi connectivity index (χ1) is 9.66. The lowest BCUT2D eigenvalue weighted by molar-refractivity contribution is -0.144. The number of hydrogen-bond donors (Lipinski definition) is 0. The third kappa shape index (κ3) is 2.62. The van der Waals surface area contributed by atoms with E-state index in [0.29, 0.717) is 24.5 Å². The number of fused-ring (bicyclic) bond motifs is 1. The molecule has 0 bridgehead atoms. The van der Waals surface area contributed by atoms with Crippen LogP contribution in [0.4, 0.5) is 0 Å². The third-order valence-corrected chi connectivity index (χ3v) is 6.14. The summed E-state index contributed by atoms with van der Waals surface area (Å²) in [5.74, 6) is 1.64. The predicted octanol–water partition coefficient (Wildman–Crippen LogP) is 0.511. The van der Waals surface area contributed by atoms with Gasteiger partial charge in [-0.05, 0) is 32.1 Å². The highest BCUT2D eigenvalue weighted by Crippen LogP contribution is 2.26. The Bertz CT molecular complexity index is 430. The first-order valence-electron chi connectivity index (χ1n) is 7.62. The molecule has 20 heavy (non-hydrogen) atoms. The van der Waals surface area contributed by atoms with Gasteiger partial charge in [0.15, 0.2) is 0 Å². The summed E-state index contributed by atoms with van der Waals surface area (Å²) in [6.45, 7) is 1.28. The van der Waals surface area contributed by atoms with Crippen LogP contribution in [-0.4, -0.2) is 62.5 Å². The number of hydrogen-bond acceptors (Lipinski definition) is 3. The second-order valence-electron chi connectivity index (χ2n) is 5.96. The Labute approximate surface area is 122 Å². The molecular weight excluding hydrogens is 276 g/mol. The van der Waals surface area contributed by atoms with Crippen LogP contribution in [-0.2, 0) is 20.4 Å². The first kappa shape index (κ1) is 14.0. The van der Waals surface area contributed by atoms with Gasteiger partial charge in [0.1, 0.15) is 6.04 Å². The number of piperidine rings is 1. The summed E-state index contributed by atoms with van der Waals surface area (Å²) in [5.41, 5.74) is 0. The maximum absolute atomic E-state index is 12.8. The van der Waals surface area contributed by atoms with Crippen molar-refractivity contribution < 1.29 is 13.8 Å². The van der Waals surface area contributed by atoms with Crippen LogP contribution in [0.2, 0.25) is 0 Å². The van der Waals surface area contributed by atoms with E-state index in [4.69, 9.17) is 0 Å². The van der Waals surface area contributed by atoms with Crippen molar-refractivity contribution in [1.29, 1.82) is 0 Å². The second-order valence-corrected chi connectivity index (χ2v) is 7.66. The Morgan fingerprint density at radius 2 is 1.70 bits per heavy atom. The number of amides is 2. The molecule has 0 N–H and O–H groups in total. The number of carbonyl (C=O) groups excluding carboxylic acids is 2. The molecule has 5 nitrogen and oxygen atoms in total. The summed E-state index contributed by atoms with van der Waals surface area (Å²) in [6, 6.07) is -0.0407. The molecule has 0 spiro atoms. The fourth-order valence-corrected chi connectivity index (χ4v) is 4.88. The fraction of sp³-hybridized carbons (Fsp3) is 0.857. The van der Waals surface area contributed by atoms with Gasteiger partial charge in [0.05, 0.1) is 0 Å². The molecule has 3 aliphatic heterocycles. The Hall–Kier alpha value is -0.910. The summed E-state index contributed by atoms with van der Waals surface area (Å²) < 4.78 is 11.5. The zero-order chi connectivity index (χ0) is 14.1. The van der Waals surface area contributed by atoms with Crippen molar-refractivity contribution >= 4 is 22.6 Å². The van der Waals surface area contributed by atoms with Crippen molar-refractivity contribution in [3.8, 4) is 0 Å². The van der Waals surface area contributed by atoms with E-state index < -0.39 is 10.8 Å². The van der Waals surface area contributed by atoms with Crippen LogP contribution in [0, 0.1) is 0 Å². The van der Waals surface area contributed by atoms with Crippen molar-refractivity contribution in [3.05, 3.63) is 0 Å². The van der Waals surface area contributed by atoms with E-state index in [1.54, 1.807) is 4.90 Å². The lowest BCUT2D eigenvalue weighted by Gasteiger charge is -2.38. The van der Waals surface area contributed by atoms with Crippen LogP contribution >= 0.6 is 0 Å². The van der Waals surface area contributed by atoms with Gasteiger partial charge < -0.3 is 9.80 Å². The van der Waals surface area contributed by atoms with Gasteiger partial charge in [-0.25, -0.2) is 0 Å². The van der Waals surface area contributed by atoms with E-state index in [1.165, 1.54) is 0 Å². The molecule has 3 saturated heterocycles. The highest BCUT2D eigenvalue weighted by Gasteiger charge is 2.40. The molecule has 2 amide bonds. The summed E-state index contributed by atoms with van der Waals surface area (Å²) in [7, 11) is -0.711. The van der Waals surface area contributed by atoms with Crippen molar-refractivity contribution in [3.63, 3.8) is 0 Å². The van der Waals surface area contributed by atoms with Crippen LogP contribution in [0.5, 0.6) is 0 Å². The van der Waals surface area contributed by atoms with Gasteiger partial charge in [-0.3, -0.25) is 13.8 Å². The standard InChI is InChI=1S/C14H22N2O3S/c17-13-4-8-15(11-5-9-20(19)10-6-11)14(18)12-3-1-2-7-16(12)13/h11-12H,1-10H2. The minimum absolute atomic E-state index is 0.130. The monoisotopic (exact) mass is 298 g/mol. The van der Waals surface area contributed by atoms with Crippen molar-refractivity contribution in [2.75, 3.05) is 24.6 Å². The van der Waals surface area contributed by atoms with Crippen molar-refractivity contribution in [1.82, 2.24) is 9.80 Å². The minimum atomic E-state index is -0.711. The lowest BCUT2D eigenvalue weighted by atomic mass is 10.0. The first-order valence-corrected chi connectivity index (χ1v) is 9.10. The zero-order valence-corrected chi connectivity index (χ0v) is 12.6. The molecule has 0 aromatic heterocycles.